The van der Waals surface area contributed by atoms with Crippen LogP contribution in [0.1, 0.15) is 23.7 Å². The molecule has 30 heavy (non-hydrogen) atoms. The Hall–Kier alpha value is -2.20. The molecule has 1 amide bonds. The molecule has 4 aromatic rings. The lowest BCUT2D eigenvalue weighted by atomic mass is 10.2. The molecule has 3 aromatic heterocycles. The van der Waals surface area contributed by atoms with E-state index in [2.05, 4.69) is 31.9 Å². The van der Waals surface area contributed by atoms with Crippen molar-refractivity contribution in [3.63, 3.8) is 0 Å². The standard InChI is InChI=1S/C20H17ClN4O2S3/c1-12-13(21)4-2-5-14(12)22-18(26)7-8-19-24-17(25-27-19)11-30-20-23-15(10-29-20)16-6-3-9-28-16/h2-6,9-10H,7-8,11H2,1H3,(H,22,26). The zero-order chi connectivity index (χ0) is 20.9. The van der Waals surface area contributed by atoms with E-state index in [9.17, 15) is 4.79 Å². The Morgan fingerprint density at radius 3 is 2.97 bits per heavy atom. The molecule has 6 nitrogen and oxygen atoms in total. The Kier molecular flexibility index (Phi) is 6.83. The molecule has 0 saturated heterocycles. The Labute approximate surface area is 190 Å². The summed E-state index contributed by atoms with van der Waals surface area (Å²) in [7, 11) is 0. The summed E-state index contributed by atoms with van der Waals surface area (Å²) in [6, 6.07) is 9.49. The zero-order valence-electron chi connectivity index (χ0n) is 15.9. The van der Waals surface area contributed by atoms with Crippen molar-refractivity contribution in [2.24, 2.45) is 0 Å². The van der Waals surface area contributed by atoms with E-state index in [4.69, 9.17) is 16.1 Å². The number of hydrogen-bond acceptors (Lipinski definition) is 8. The van der Waals surface area contributed by atoms with Crippen LogP contribution in [0.4, 0.5) is 5.69 Å². The third-order valence-corrected chi connectivity index (χ3v) is 7.52. The average Bonchev–Trinajstić information content (AvgIpc) is 3.49. The SMILES string of the molecule is Cc1c(Cl)cccc1NC(=O)CCc1nc(CSc2nc(-c3cccs3)cs2)no1. The summed E-state index contributed by atoms with van der Waals surface area (Å²) in [5, 5.41) is 11.6. The fraction of sp³-hybridized carbons (Fsp3) is 0.200. The lowest BCUT2D eigenvalue weighted by Crippen LogP contribution is -2.13. The van der Waals surface area contributed by atoms with E-state index in [0.29, 0.717) is 34.6 Å². The van der Waals surface area contributed by atoms with Gasteiger partial charge in [-0.2, -0.15) is 4.98 Å². The maximum Gasteiger partial charge on any atom is 0.227 e. The number of thiazole rings is 1. The summed E-state index contributed by atoms with van der Waals surface area (Å²) < 4.78 is 6.23. The van der Waals surface area contributed by atoms with Crippen molar-refractivity contribution >= 4 is 57.6 Å². The number of nitrogens with zero attached hydrogens (tertiary/aromatic N) is 3. The number of aromatic nitrogens is 3. The Bertz CT molecular complexity index is 1140. The van der Waals surface area contributed by atoms with Gasteiger partial charge in [-0.1, -0.05) is 40.7 Å². The Balaban J connectivity index is 1.26. The van der Waals surface area contributed by atoms with Gasteiger partial charge in [0.25, 0.3) is 0 Å². The minimum Gasteiger partial charge on any atom is -0.339 e. The van der Waals surface area contributed by atoms with Gasteiger partial charge in [0.1, 0.15) is 0 Å². The second-order valence-electron chi connectivity index (χ2n) is 6.33. The predicted octanol–water partition coefficient (Wildman–Crippen LogP) is 6.08. The number of thiophene rings is 1. The third-order valence-electron chi connectivity index (χ3n) is 4.20. The highest BCUT2D eigenvalue weighted by Gasteiger charge is 2.12. The van der Waals surface area contributed by atoms with Crippen LogP contribution in [0.3, 0.4) is 0 Å². The molecule has 1 aromatic carbocycles. The average molecular weight is 477 g/mol. The van der Waals surface area contributed by atoms with E-state index >= 15 is 0 Å². The highest BCUT2D eigenvalue weighted by molar-refractivity contribution is 8.00. The molecule has 4 rings (SSSR count). The molecule has 0 unspecified atom stereocenters. The number of benzene rings is 1. The van der Waals surface area contributed by atoms with Crippen molar-refractivity contribution in [1.82, 2.24) is 15.1 Å². The Morgan fingerprint density at radius 2 is 2.13 bits per heavy atom. The molecule has 0 bridgehead atoms. The molecule has 0 aliphatic heterocycles. The van der Waals surface area contributed by atoms with Gasteiger partial charge in [-0.05, 0) is 36.1 Å². The van der Waals surface area contributed by atoms with Crippen molar-refractivity contribution in [1.29, 1.82) is 0 Å². The first-order valence-electron chi connectivity index (χ1n) is 9.07. The summed E-state index contributed by atoms with van der Waals surface area (Å²) in [5.41, 5.74) is 2.54. The van der Waals surface area contributed by atoms with Gasteiger partial charge in [0, 0.05) is 28.9 Å². The third kappa shape index (κ3) is 5.28. The topological polar surface area (TPSA) is 80.9 Å². The highest BCUT2D eigenvalue weighted by atomic mass is 35.5. The van der Waals surface area contributed by atoms with Crippen LogP contribution >= 0.6 is 46.0 Å². The van der Waals surface area contributed by atoms with Gasteiger partial charge in [-0.25, -0.2) is 4.98 Å². The van der Waals surface area contributed by atoms with Crippen LogP contribution in [0.15, 0.2) is 50.0 Å². The molecule has 0 spiro atoms. The Morgan fingerprint density at radius 1 is 1.23 bits per heavy atom. The summed E-state index contributed by atoms with van der Waals surface area (Å²) in [4.78, 5) is 22.4. The zero-order valence-corrected chi connectivity index (χ0v) is 19.1. The first kappa shape index (κ1) is 21.0. The van der Waals surface area contributed by atoms with E-state index < -0.39 is 0 Å². The van der Waals surface area contributed by atoms with Gasteiger partial charge in [0.05, 0.1) is 16.3 Å². The molecule has 0 aliphatic rings. The number of thioether (sulfide) groups is 1. The molecular formula is C20H17ClN4O2S3. The van der Waals surface area contributed by atoms with Crippen molar-refractivity contribution in [3.8, 4) is 10.6 Å². The molecule has 0 saturated carbocycles. The summed E-state index contributed by atoms with van der Waals surface area (Å²) >= 11 is 10.9. The van der Waals surface area contributed by atoms with Crippen LogP contribution in [0.2, 0.25) is 5.02 Å². The molecule has 1 N–H and O–H groups in total. The van der Waals surface area contributed by atoms with E-state index in [0.717, 1.165) is 20.5 Å². The quantitative estimate of drug-likeness (QED) is 0.310. The fourth-order valence-electron chi connectivity index (χ4n) is 2.61. The second kappa shape index (κ2) is 9.74. The van der Waals surface area contributed by atoms with E-state index in [-0.39, 0.29) is 12.3 Å². The van der Waals surface area contributed by atoms with Crippen molar-refractivity contribution in [2.45, 2.75) is 29.9 Å². The first-order chi connectivity index (χ1) is 14.6. The number of anilines is 1. The number of carbonyl (C=O) groups is 1. The number of aryl methyl sites for hydroxylation is 1. The lowest BCUT2D eigenvalue weighted by Gasteiger charge is -2.08. The first-order valence-corrected chi connectivity index (χ1v) is 12.2. The minimum atomic E-state index is -0.126. The number of halogens is 1. The van der Waals surface area contributed by atoms with Gasteiger partial charge in [0.15, 0.2) is 10.2 Å². The van der Waals surface area contributed by atoms with Crippen LogP contribution in [-0.2, 0) is 17.0 Å². The van der Waals surface area contributed by atoms with Gasteiger partial charge in [-0.15, -0.1) is 22.7 Å². The van der Waals surface area contributed by atoms with Gasteiger partial charge >= 0.3 is 0 Å². The van der Waals surface area contributed by atoms with Crippen LogP contribution in [0, 0.1) is 6.92 Å². The summed E-state index contributed by atoms with van der Waals surface area (Å²) in [5.74, 6) is 1.48. The molecule has 0 atom stereocenters. The van der Waals surface area contributed by atoms with Crippen molar-refractivity contribution in [2.75, 3.05) is 5.32 Å². The minimum absolute atomic E-state index is 0.126. The van der Waals surface area contributed by atoms with Gasteiger partial charge in [0.2, 0.25) is 11.8 Å². The van der Waals surface area contributed by atoms with Gasteiger partial charge < -0.3 is 9.84 Å². The molecule has 0 aliphatic carbocycles. The van der Waals surface area contributed by atoms with E-state index in [1.807, 2.05) is 24.4 Å². The summed E-state index contributed by atoms with van der Waals surface area (Å²) in [6.45, 7) is 1.87. The molecule has 3 heterocycles. The number of carbonyl (C=O) groups excluding carboxylic acids is 1. The lowest BCUT2D eigenvalue weighted by molar-refractivity contribution is -0.116. The normalized spacial score (nSPS) is 11.0. The molecular weight excluding hydrogens is 460 g/mol. The number of rotatable bonds is 8. The fourth-order valence-corrected chi connectivity index (χ4v) is 5.22. The van der Waals surface area contributed by atoms with E-state index in [1.165, 1.54) is 0 Å². The second-order valence-corrected chi connectivity index (χ2v) is 9.77. The largest absolute Gasteiger partial charge is 0.339 e. The van der Waals surface area contributed by atoms with E-state index in [1.54, 1.807) is 46.6 Å². The van der Waals surface area contributed by atoms with Crippen molar-refractivity contribution < 1.29 is 9.32 Å². The predicted molar refractivity (Wildman–Crippen MR) is 122 cm³/mol. The monoisotopic (exact) mass is 476 g/mol. The van der Waals surface area contributed by atoms with Crippen LogP contribution in [-0.4, -0.2) is 21.0 Å². The van der Waals surface area contributed by atoms with Crippen LogP contribution in [0.25, 0.3) is 10.6 Å². The molecule has 154 valence electrons. The number of amides is 1. The number of hydrogen-bond donors (Lipinski definition) is 1. The molecule has 0 fully saturated rings. The van der Waals surface area contributed by atoms with Crippen LogP contribution < -0.4 is 5.32 Å². The van der Waals surface area contributed by atoms with Gasteiger partial charge in [-0.3, -0.25) is 4.79 Å². The summed E-state index contributed by atoms with van der Waals surface area (Å²) in [6.07, 6.45) is 0.625. The molecule has 10 heteroatoms. The smallest absolute Gasteiger partial charge is 0.227 e. The maximum absolute atomic E-state index is 12.2. The number of nitrogens with one attached hydrogen (secondary N) is 1. The maximum atomic E-state index is 12.2. The van der Waals surface area contributed by atoms with Crippen LogP contribution in [0.5, 0.6) is 0 Å². The van der Waals surface area contributed by atoms with Crippen molar-refractivity contribution in [3.05, 3.63) is 63.4 Å². The highest BCUT2D eigenvalue weighted by Crippen LogP contribution is 2.31. The molecule has 0 radical (unpaired) electrons.